The number of pyridine rings is 1. The minimum atomic E-state index is -4.93. The second-order valence-corrected chi connectivity index (χ2v) is 13.2. The van der Waals surface area contributed by atoms with E-state index in [0.29, 0.717) is 5.56 Å². The van der Waals surface area contributed by atoms with Crippen molar-refractivity contribution in [1.29, 1.82) is 0 Å². The summed E-state index contributed by atoms with van der Waals surface area (Å²) in [6.07, 6.45) is -5.52. The molecule has 258 valence electrons. The summed E-state index contributed by atoms with van der Waals surface area (Å²) in [5.41, 5.74) is -2.40. The molecule has 1 aromatic heterocycles. The molecule has 3 aromatic carbocycles. The zero-order chi connectivity index (χ0) is 35.0. The van der Waals surface area contributed by atoms with Crippen molar-refractivity contribution in [3.05, 3.63) is 110 Å². The number of benzene rings is 3. The monoisotopic (exact) mass is 702 g/mol. The quantitative estimate of drug-likeness (QED) is 0.113. The predicted octanol–water partition coefficient (Wildman–Crippen LogP) is 6.34. The number of alkyl halides is 3. The van der Waals surface area contributed by atoms with Crippen LogP contribution in [-0.2, 0) is 28.6 Å². The number of carboxylic acid groups (broad SMARTS) is 1. The largest absolute Gasteiger partial charge is 0.610 e. The lowest BCUT2D eigenvalue weighted by Gasteiger charge is -2.26. The molecule has 3 heterocycles. The van der Waals surface area contributed by atoms with Gasteiger partial charge in [0.25, 0.3) is 5.56 Å². The van der Waals surface area contributed by atoms with Gasteiger partial charge in [-0.05, 0) is 55.3 Å². The molecule has 0 amide bonds. The fourth-order valence-electron chi connectivity index (χ4n) is 6.55. The van der Waals surface area contributed by atoms with Crippen LogP contribution >= 0.6 is 0 Å². The highest BCUT2D eigenvalue weighted by Crippen LogP contribution is 2.44. The molecule has 0 aliphatic carbocycles. The Morgan fingerprint density at radius 3 is 2.51 bits per heavy atom. The Hall–Kier alpha value is -4.40. The number of aromatic nitrogens is 1. The number of ether oxygens (including phenoxy) is 2. The molecule has 0 radical (unpaired) electrons. The molecule has 6 rings (SSSR count). The van der Waals surface area contributed by atoms with Gasteiger partial charge in [-0.2, -0.15) is 13.2 Å². The van der Waals surface area contributed by atoms with Crippen molar-refractivity contribution in [1.82, 2.24) is 9.88 Å². The summed E-state index contributed by atoms with van der Waals surface area (Å²) in [5, 5.41) is 12.3. The second-order valence-electron chi connectivity index (χ2n) is 11.8. The number of aliphatic carboxylic acids is 1. The van der Waals surface area contributed by atoms with Crippen molar-refractivity contribution in [3.63, 3.8) is 0 Å². The lowest BCUT2D eigenvalue weighted by Crippen LogP contribution is -2.36. The van der Waals surface area contributed by atoms with Gasteiger partial charge in [-0.1, -0.05) is 36.4 Å². The molecule has 4 aromatic rings. The first kappa shape index (κ1) is 34.5. The lowest BCUT2D eigenvalue weighted by atomic mass is 9.91. The van der Waals surface area contributed by atoms with Gasteiger partial charge in [0.05, 0.1) is 17.2 Å². The predicted molar refractivity (Wildman–Crippen MR) is 170 cm³/mol. The van der Waals surface area contributed by atoms with Gasteiger partial charge in [0, 0.05) is 40.7 Å². The van der Waals surface area contributed by atoms with Crippen molar-refractivity contribution < 1.29 is 45.9 Å². The smallest absolute Gasteiger partial charge is 0.416 e. The molecule has 3 unspecified atom stereocenters. The summed E-state index contributed by atoms with van der Waals surface area (Å²) in [4.78, 5) is 25.8. The highest BCUT2D eigenvalue weighted by atomic mass is 32.2. The normalized spacial score (nSPS) is 17.5. The number of fused-ring (bicyclic) bond motifs is 2. The highest BCUT2D eigenvalue weighted by Gasteiger charge is 2.45. The number of hydrogen-bond donors (Lipinski definition) is 2. The average Bonchev–Trinajstić information content (AvgIpc) is 3.41. The Bertz CT molecular complexity index is 1950. The Labute approximate surface area is 280 Å². The van der Waals surface area contributed by atoms with Gasteiger partial charge in [0.2, 0.25) is 5.03 Å². The SMILES string of the molecule is Cc1c(Cc2c(F)cccc2C(F)(F)F)c2n(c(=O)c1-c1ccc3c(c1F)OCCO3)C(C(NCCCC(=O)O)c1ccccc1)C[S+]2[O-]. The first-order valence-corrected chi connectivity index (χ1v) is 16.8. The first-order valence-electron chi connectivity index (χ1n) is 15.5. The average molecular weight is 703 g/mol. The fourth-order valence-corrected chi connectivity index (χ4v) is 8.29. The van der Waals surface area contributed by atoms with Gasteiger partial charge < -0.3 is 24.4 Å². The molecule has 2 aliphatic rings. The van der Waals surface area contributed by atoms with E-state index < -0.39 is 70.1 Å². The van der Waals surface area contributed by atoms with Crippen LogP contribution in [0.3, 0.4) is 0 Å². The molecule has 0 bridgehead atoms. The van der Waals surface area contributed by atoms with Crippen LogP contribution in [0.1, 0.15) is 52.7 Å². The van der Waals surface area contributed by atoms with Crippen LogP contribution in [0, 0.1) is 18.6 Å². The molecule has 0 saturated heterocycles. The van der Waals surface area contributed by atoms with Crippen LogP contribution in [0.15, 0.2) is 70.5 Å². The summed E-state index contributed by atoms with van der Waals surface area (Å²) in [7, 11) is 0. The molecular formula is C35H31F5N2O6S. The van der Waals surface area contributed by atoms with Crippen LogP contribution in [0.4, 0.5) is 22.0 Å². The van der Waals surface area contributed by atoms with Crippen molar-refractivity contribution >= 4 is 17.1 Å². The van der Waals surface area contributed by atoms with E-state index in [0.717, 1.165) is 18.2 Å². The Kier molecular flexibility index (Phi) is 9.74. The maximum atomic E-state index is 16.2. The number of carboxylic acids is 1. The number of nitrogens with one attached hydrogen (secondary N) is 1. The van der Waals surface area contributed by atoms with Crippen molar-refractivity contribution in [3.8, 4) is 22.6 Å². The standard InChI is InChI=1S/C35H31F5N2O6S/c1-19-22(17-23-24(35(38,39)40)9-5-10-25(23)36)34-42(33(45)29(19)21-12-13-27-32(30(21)37)48-16-15-47-27)26(18-49(34)46)31(20-7-3-2-4-8-20)41-14-6-11-28(43)44/h2-5,7-10,12-13,26,31,41H,6,11,14-18H2,1H3,(H,43,44). The summed E-state index contributed by atoms with van der Waals surface area (Å²) >= 11 is -1.96. The van der Waals surface area contributed by atoms with E-state index in [-0.39, 0.29) is 77.1 Å². The van der Waals surface area contributed by atoms with Crippen molar-refractivity contribution in [2.24, 2.45) is 0 Å². The van der Waals surface area contributed by atoms with Crippen molar-refractivity contribution in [2.45, 2.75) is 49.5 Å². The first-order chi connectivity index (χ1) is 23.4. The summed E-state index contributed by atoms with van der Waals surface area (Å²) in [5.74, 6) is -3.34. The molecule has 3 atom stereocenters. The number of nitrogens with zero attached hydrogens (tertiary/aromatic N) is 1. The number of rotatable bonds is 10. The second kappa shape index (κ2) is 13.8. The van der Waals surface area contributed by atoms with Crippen molar-refractivity contribution in [2.75, 3.05) is 25.5 Å². The minimum Gasteiger partial charge on any atom is -0.610 e. The maximum absolute atomic E-state index is 16.2. The van der Waals surface area contributed by atoms with E-state index in [9.17, 15) is 27.3 Å². The van der Waals surface area contributed by atoms with Gasteiger partial charge in [0.1, 0.15) is 30.8 Å². The topological polar surface area (TPSA) is 113 Å². The summed E-state index contributed by atoms with van der Waals surface area (Å²) < 4.78 is 100. The van der Waals surface area contributed by atoms with E-state index >= 15 is 8.78 Å². The molecule has 8 nitrogen and oxygen atoms in total. The number of carbonyl (C=O) groups is 1. The maximum Gasteiger partial charge on any atom is 0.416 e. The van der Waals surface area contributed by atoms with E-state index in [4.69, 9.17) is 14.6 Å². The van der Waals surface area contributed by atoms with Crippen LogP contribution in [0.25, 0.3) is 11.1 Å². The highest BCUT2D eigenvalue weighted by molar-refractivity contribution is 7.91. The Balaban J connectivity index is 1.59. The lowest BCUT2D eigenvalue weighted by molar-refractivity contribution is -0.138. The van der Waals surface area contributed by atoms with E-state index in [1.807, 2.05) is 0 Å². The van der Waals surface area contributed by atoms with Crippen LogP contribution in [0.2, 0.25) is 0 Å². The van der Waals surface area contributed by atoms with Crippen LogP contribution in [0.5, 0.6) is 11.5 Å². The van der Waals surface area contributed by atoms with Gasteiger partial charge in [-0.15, -0.1) is 0 Å². The minimum absolute atomic E-state index is 0.00184. The van der Waals surface area contributed by atoms with E-state index in [1.165, 1.54) is 23.6 Å². The summed E-state index contributed by atoms with van der Waals surface area (Å²) in [6.45, 7) is 1.84. The zero-order valence-electron chi connectivity index (χ0n) is 26.1. The Morgan fingerprint density at radius 1 is 1.06 bits per heavy atom. The van der Waals surface area contributed by atoms with Gasteiger partial charge in [0.15, 0.2) is 17.3 Å². The molecule has 0 fully saturated rings. The number of halogens is 5. The molecule has 0 spiro atoms. The molecular weight excluding hydrogens is 671 g/mol. The molecule has 2 aliphatic heterocycles. The van der Waals surface area contributed by atoms with Crippen LogP contribution in [-0.4, -0.2) is 45.7 Å². The number of hydrogen-bond acceptors (Lipinski definition) is 6. The molecule has 14 heteroatoms. The third kappa shape index (κ3) is 6.64. The van der Waals surface area contributed by atoms with Gasteiger partial charge in [-0.3, -0.25) is 14.2 Å². The van der Waals surface area contributed by atoms with E-state index in [1.54, 1.807) is 30.3 Å². The third-order valence-corrected chi connectivity index (χ3v) is 10.3. The van der Waals surface area contributed by atoms with Gasteiger partial charge in [-0.25, -0.2) is 8.78 Å². The van der Waals surface area contributed by atoms with Crippen LogP contribution < -0.4 is 20.3 Å². The fraction of sp³-hybridized carbons (Fsp3) is 0.314. The van der Waals surface area contributed by atoms with Gasteiger partial charge >= 0.3 is 12.1 Å². The third-order valence-electron chi connectivity index (χ3n) is 8.78. The zero-order valence-corrected chi connectivity index (χ0v) is 26.9. The molecule has 0 saturated carbocycles. The summed E-state index contributed by atoms with van der Waals surface area (Å²) in [6, 6.07) is 12.5. The molecule has 49 heavy (non-hydrogen) atoms. The van der Waals surface area contributed by atoms with E-state index in [2.05, 4.69) is 5.32 Å². The Morgan fingerprint density at radius 2 is 1.80 bits per heavy atom. The molecule has 2 N–H and O–H groups in total.